The molecule has 2 saturated heterocycles. The first-order chi connectivity index (χ1) is 13.2. The first-order valence-electron chi connectivity index (χ1n) is 10.2. The number of benzene rings is 1. The van der Waals surface area contributed by atoms with E-state index in [9.17, 15) is 4.79 Å². The third-order valence-electron chi connectivity index (χ3n) is 6.77. The summed E-state index contributed by atoms with van der Waals surface area (Å²) in [6.45, 7) is 3.10. The van der Waals surface area contributed by atoms with E-state index in [1.54, 1.807) is 0 Å². The summed E-state index contributed by atoms with van der Waals surface area (Å²) in [5.41, 5.74) is 2.73. The molecule has 4 nitrogen and oxygen atoms in total. The highest BCUT2D eigenvalue weighted by Crippen LogP contribution is 2.48. The standard InChI is InChI=1S/C23H27N3O/c27-22-21(18-4-2-1-3-5-18)16-23(17-26(22)20-6-7-20)10-14-25(15-11-23)19-8-12-24-13-9-19/h1-5,8-9,12-13,20-21H,6-7,10-11,14-17H2. The predicted octanol–water partition coefficient (Wildman–Crippen LogP) is 3.85. The van der Waals surface area contributed by atoms with Crippen LogP contribution in [0.4, 0.5) is 5.69 Å². The average molecular weight is 361 g/mol. The van der Waals surface area contributed by atoms with Gasteiger partial charge in [0.1, 0.15) is 0 Å². The minimum atomic E-state index is 0.0352. The second kappa shape index (κ2) is 6.66. The molecule has 1 spiro atoms. The highest BCUT2D eigenvalue weighted by molar-refractivity contribution is 5.85. The maximum absolute atomic E-state index is 13.2. The van der Waals surface area contributed by atoms with Crippen LogP contribution in [0.25, 0.3) is 0 Å². The number of rotatable bonds is 3. The normalized spacial score (nSPS) is 25.0. The molecule has 27 heavy (non-hydrogen) atoms. The molecule has 3 fully saturated rings. The highest BCUT2D eigenvalue weighted by atomic mass is 16.2. The Morgan fingerprint density at radius 2 is 1.67 bits per heavy atom. The number of likely N-dealkylation sites (tertiary alicyclic amines) is 1. The minimum Gasteiger partial charge on any atom is -0.371 e. The smallest absolute Gasteiger partial charge is 0.230 e. The Bertz CT molecular complexity index is 795. The second-order valence-corrected chi connectivity index (χ2v) is 8.56. The fourth-order valence-electron chi connectivity index (χ4n) is 5.02. The molecule has 1 saturated carbocycles. The molecule has 1 aromatic heterocycles. The summed E-state index contributed by atoms with van der Waals surface area (Å²) < 4.78 is 0. The van der Waals surface area contributed by atoms with Crippen LogP contribution in [0.2, 0.25) is 0 Å². The van der Waals surface area contributed by atoms with E-state index >= 15 is 0 Å². The molecule has 3 heterocycles. The third-order valence-corrected chi connectivity index (χ3v) is 6.77. The van der Waals surface area contributed by atoms with Gasteiger partial charge < -0.3 is 9.80 Å². The Morgan fingerprint density at radius 3 is 2.33 bits per heavy atom. The fourth-order valence-corrected chi connectivity index (χ4v) is 5.02. The number of hydrogen-bond donors (Lipinski definition) is 0. The van der Waals surface area contributed by atoms with Gasteiger partial charge in [-0.05, 0) is 55.2 Å². The monoisotopic (exact) mass is 361 g/mol. The summed E-state index contributed by atoms with van der Waals surface area (Å²) in [4.78, 5) is 22.1. The van der Waals surface area contributed by atoms with Gasteiger partial charge in [0.2, 0.25) is 5.91 Å². The number of nitrogens with zero attached hydrogens (tertiary/aromatic N) is 3. The van der Waals surface area contributed by atoms with E-state index in [0.717, 1.165) is 38.9 Å². The number of carbonyl (C=O) groups is 1. The molecule has 0 radical (unpaired) electrons. The number of anilines is 1. The molecule has 1 unspecified atom stereocenters. The highest BCUT2D eigenvalue weighted by Gasteiger charge is 2.49. The number of carbonyl (C=O) groups excluding carboxylic acids is 1. The van der Waals surface area contributed by atoms with Crippen LogP contribution >= 0.6 is 0 Å². The lowest BCUT2D eigenvalue weighted by Crippen LogP contribution is -2.54. The Labute approximate surface area is 161 Å². The number of piperidine rings is 2. The Hall–Kier alpha value is -2.36. The summed E-state index contributed by atoms with van der Waals surface area (Å²) in [6, 6.07) is 15.2. The van der Waals surface area contributed by atoms with Gasteiger partial charge in [-0.1, -0.05) is 30.3 Å². The molecule has 140 valence electrons. The molecule has 0 bridgehead atoms. The zero-order chi connectivity index (χ0) is 18.3. The quantitative estimate of drug-likeness (QED) is 0.833. The fraction of sp³-hybridized carbons (Fsp3) is 0.478. The first-order valence-corrected chi connectivity index (χ1v) is 10.2. The molecule has 5 rings (SSSR count). The van der Waals surface area contributed by atoms with Crippen molar-refractivity contribution in [1.29, 1.82) is 0 Å². The van der Waals surface area contributed by atoms with Gasteiger partial charge in [0.15, 0.2) is 0 Å². The van der Waals surface area contributed by atoms with Gasteiger partial charge in [-0.15, -0.1) is 0 Å². The molecule has 1 amide bonds. The van der Waals surface area contributed by atoms with Gasteiger partial charge in [-0.3, -0.25) is 9.78 Å². The van der Waals surface area contributed by atoms with E-state index in [2.05, 4.69) is 51.2 Å². The molecule has 3 aliphatic rings. The van der Waals surface area contributed by atoms with Crippen molar-refractivity contribution >= 4 is 11.6 Å². The molecule has 4 heteroatoms. The summed E-state index contributed by atoms with van der Waals surface area (Å²) in [5, 5.41) is 0. The summed E-state index contributed by atoms with van der Waals surface area (Å²) in [7, 11) is 0. The van der Waals surface area contributed by atoms with Crippen molar-refractivity contribution in [2.75, 3.05) is 24.5 Å². The van der Waals surface area contributed by atoms with Crippen LogP contribution in [0.15, 0.2) is 54.9 Å². The molecular weight excluding hydrogens is 334 g/mol. The Morgan fingerprint density at radius 1 is 0.963 bits per heavy atom. The van der Waals surface area contributed by atoms with Crippen molar-refractivity contribution in [3.8, 4) is 0 Å². The SMILES string of the molecule is O=C1C(c2ccccc2)CC2(CCN(c3ccncc3)CC2)CN1C1CC1. The van der Waals surface area contributed by atoms with Gasteiger partial charge in [0, 0.05) is 43.8 Å². The summed E-state index contributed by atoms with van der Waals surface area (Å²) in [6.07, 6.45) is 9.45. The number of amides is 1. The van der Waals surface area contributed by atoms with Crippen LogP contribution in [0.5, 0.6) is 0 Å². The third kappa shape index (κ3) is 3.22. The van der Waals surface area contributed by atoms with Crippen molar-refractivity contribution in [3.63, 3.8) is 0 Å². The summed E-state index contributed by atoms with van der Waals surface area (Å²) >= 11 is 0. The van der Waals surface area contributed by atoms with Crippen molar-refractivity contribution in [2.45, 2.75) is 44.1 Å². The number of aromatic nitrogens is 1. The molecule has 2 aromatic rings. The van der Waals surface area contributed by atoms with Gasteiger partial charge in [-0.2, -0.15) is 0 Å². The van der Waals surface area contributed by atoms with Crippen molar-refractivity contribution in [1.82, 2.24) is 9.88 Å². The van der Waals surface area contributed by atoms with Gasteiger partial charge in [0.05, 0.1) is 5.92 Å². The van der Waals surface area contributed by atoms with Gasteiger partial charge >= 0.3 is 0 Å². The first kappa shape index (κ1) is 16.8. The van der Waals surface area contributed by atoms with Crippen LogP contribution in [-0.4, -0.2) is 41.5 Å². The maximum atomic E-state index is 13.2. The van der Waals surface area contributed by atoms with E-state index in [1.807, 2.05) is 18.5 Å². The van der Waals surface area contributed by atoms with Crippen LogP contribution in [-0.2, 0) is 4.79 Å². The van der Waals surface area contributed by atoms with E-state index in [4.69, 9.17) is 0 Å². The Balaban J connectivity index is 1.38. The lowest BCUT2D eigenvalue weighted by molar-refractivity contribution is -0.141. The zero-order valence-corrected chi connectivity index (χ0v) is 15.8. The number of hydrogen-bond acceptors (Lipinski definition) is 3. The van der Waals surface area contributed by atoms with Crippen molar-refractivity contribution < 1.29 is 4.79 Å². The van der Waals surface area contributed by atoms with Gasteiger partial charge in [-0.25, -0.2) is 0 Å². The van der Waals surface area contributed by atoms with Crippen molar-refractivity contribution in [2.24, 2.45) is 5.41 Å². The van der Waals surface area contributed by atoms with Crippen molar-refractivity contribution in [3.05, 3.63) is 60.4 Å². The molecular formula is C23H27N3O. The van der Waals surface area contributed by atoms with Crippen LogP contribution < -0.4 is 4.90 Å². The predicted molar refractivity (Wildman–Crippen MR) is 107 cm³/mol. The molecule has 2 aliphatic heterocycles. The lowest BCUT2D eigenvalue weighted by atomic mass is 9.67. The molecule has 1 aromatic carbocycles. The molecule has 1 atom stereocenters. The van der Waals surface area contributed by atoms with E-state index in [-0.39, 0.29) is 11.3 Å². The Kier molecular flexibility index (Phi) is 4.14. The van der Waals surface area contributed by atoms with Crippen LogP contribution in [0.3, 0.4) is 0 Å². The zero-order valence-electron chi connectivity index (χ0n) is 15.8. The largest absolute Gasteiger partial charge is 0.371 e. The summed E-state index contributed by atoms with van der Waals surface area (Å²) in [5.74, 6) is 0.402. The lowest BCUT2D eigenvalue weighted by Gasteiger charge is -2.50. The van der Waals surface area contributed by atoms with E-state index in [0.29, 0.717) is 11.9 Å². The van der Waals surface area contributed by atoms with Crippen LogP contribution in [0, 0.1) is 5.41 Å². The number of pyridine rings is 1. The minimum absolute atomic E-state index is 0.0352. The second-order valence-electron chi connectivity index (χ2n) is 8.56. The maximum Gasteiger partial charge on any atom is 0.230 e. The van der Waals surface area contributed by atoms with Crippen LogP contribution in [0.1, 0.15) is 43.6 Å². The van der Waals surface area contributed by atoms with E-state index < -0.39 is 0 Å². The van der Waals surface area contributed by atoms with E-state index in [1.165, 1.54) is 24.1 Å². The molecule has 0 N–H and O–H groups in total. The average Bonchev–Trinajstić information content (AvgIpc) is 3.57. The van der Waals surface area contributed by atoms with Gasteiger partial charge in [0.25, 0.3) is 0 Å². The topological polar surface area (TPSA) is 36.4 Å². The molecule has 1 aliphatic carbocycles.